The highest BCUT2D eigenvalue weighted by Crippen LogP contribution is 2.32. The zero-order valence-electron chi connectivity index (χ0n) is 10.4. The summed E-state index contributed by atoms with van der Waals surface area (Å²) in [5, 5.41) is 16.4. The second-order valence-corrected chi connectivity index (χ2v) is 4.68. The highest BCUT2D eigenvalue weighted by atomic mass is 16.7. The fourth-order valence-electron chi connectivity index (χ4n) is 2.47. The number of carboxylic acids is 1. The molecule has 3 heterocycles. The number of aromatic carboxylic acids is 1. The third-order valence-electron chi connectivity index (χ3n) is 3.53. The summed E-state index contributed by atoms with van der Waals surface area (Å²) in [7, 11) is 0. The molecule has 3 rings (SSSR count). The molecular weight excluding hydrogens is 250 g/mol. The first-order valence-electron chi connectivity index (χ1n) is 6.28. The summed E-state index contributed by atoms with van der Waals surface area (Å²) in [5.74, 6) is -0.785. The van der Waals surface area contributed by atoms with Crippen LogP contribution in [-0.2, 0) is 9.47 Å². The van der Waals surface area contributed by atoms with E-state index in [1.165, 1.54) is 6.07 Å². The summed E-state index contributed by atoms with van der Waals surface area (Å²) in [5.41, 5.74) is -0.0420. The van der Waals surface area contributed by atoms with Crippen LogP contribution in [-0.4, -0.2) is 53.4 Å². The van der Waals surface area contributed by atoms with E-state index in [1.54, 1.807) is 6.07 Å². The summed E-state index contributed by atoms with van der Waals surface area (Å²) in [6.45, 7) is 2.85. The van der Waals surface area contributed by atoms with Gasteiger partial charge in [-0.3, -0.25) is 0 Å². The zero-order chi connectivity index (χ0) is 13.3. The monoisotopic (exact) mass is 265 g/mol. The molecule has 19 heavy (non-hydrogen) atoms. The molecule has 7 nitrogen and oxygen atoms in total. The Morgan fingerprint density at radius 3 is 2.42 bits per heavy atom. The second kappa shape index (κ2) is 4.75. The quantitative estimate of drug-likeness (QED) is 0.834. The normalized spacial score (nSPS) is 21.8. The Balaban J connectivity index is 1.66. The maximum Gasteiger partial charge on any atom is 0.356 e. The number of nitrogens with zero attached hydrogens (tertiary/aromatic N) is 3. The van der Waals surface area contributed by atoms with Gasteiger partial charge in [0.2, 0.25) is 0 Å². The Hall–Kier alpha value is -1.73. The number of piperidine rings is 1. The minimum atomic E-state index is -1.07. The molecule has 0 atom stereocenters. The van der Waals surface area contributed by atoms with E-state index in [-0.39, 0.29) is 5.69 Å². The van der Waals surface area contributed by atoms with Crippen molar-refractivity contribution in [2.75, 3.05) is 31.2 Å². The zero-order valence-corrected chi connectivity index (χ0v) is 10.4. The lowest BCUT2D eigenvalue weighted by Gasteiger charge is -2.37. The first kappa shape index (κ1) is 12.3. The van der Waals surface area contributed by atoms with Crippen molar-refractivity contribution in [3.05, 3.63) is 17.8 Å². The van der Waals surface area contributed by atoms with Crippen molar-refractivity contribution in [3.63, 3.8) is 0 Å². The standard InChI is InChI=1S/C12H15N3O4/c16-11(17)9-1-2-10(14-13-9)15-5-3-12(4-6-15)18-7-8-19-12/h1-2H,3-8H2,(H,16,17). The highest BCUT2D eigenvalue weighted by Gasteiger charge is 2.40. The van der Waals surface area contributed by atoms with Crippen molar-refractivity contribution in [2.24, 2.45) is 0 Å². The fraction of sp³-hybridized carbons (Fsp3) is 0.583. The van der Waals surface area contributed by atoms with E-state index in [2.05, 4.69) is 15.1 Å². The van der Waals surface area contributed by atoms with E-state index >= 15 is 0 Å². The van der Waals surface area contributed by atoms with Crippen molar-refractivity contribution in [1.29, 1.82) is 0 Å². The molecule has 0 saturated carbocycles. The van der Waals surface area contributed by atoms with Crippen LogP contribution in [0.15, 0.2) is 12.1 Å². The van der Waals surface area contributed by atoms with Crippen molar-refractivity contribution < 1.29 is 19.4 Å². The van der Waals surface area contributed by atoms with Gasteiger partial charge >= 0.3 is 5.97 Å². The predicted octanol–water partition coefficient (Wildman–Crippen LogP) is 0.518. The number of carbonyl (C=O) groups is 1. The van der Waals surface area contributed by atoms with E-state index < -0.39 is 11.8 Å². The second-order valence-electron chi connectivity index (χ2n) is 4.68. The number of anilines is 1. The molecule has 2 fully saturated rings. The van der Waals surface area contributed by atoms with Crippen LogP contribution in [0.3, 0.4) is 0 Å². The van der Waals surface area contributed by atoms with Crippen LogP contribution >= 0.6 is 0 Å². The number of carboxylic acid groups (broad SMARTS) is 1. The third kappa shape index (κ3) is 2.39. The van der Waals surface area contributed by atoms with E-state index in [0.717, 1.165) is 25.9 Å². The van der Waals surface area contributed by atoms with Crippen molar-refractivity contribution in [3.8, 4) is 0 Å². The summed E-state index contributed by atoms with van der Waals surface area (Å²) in [6.07, 6.45) is 1.57. The van der Waals surface area contributed by atoms with Gasteiger partial charge in [-0.15, -0.1) is 10.2 Å². The van der Waals surface area contributed by atoms with Crippen LogP contribution in [0.4, 0.5) is 5.82 Å². The smallest absolute Gasteiger partial charge is 0.356 e. The number of ether oxygens (including phenoxy) is 2. The SMILES string of the molecule is O=C(O)c1ccc(N2CCC3(CC2)OCCO3)nn1. The van der Waals surface area contributed by atoms with Crippen molar-refractivity contribution in [2.45, 2.75) is 18.6 Å². The Labute approximate surface area is 110 Å². The van der Waals surface area contributed by atoms with Gasteiger partial charge in [-0.25, -0.2) is 4.79 Å². The van der Waals surface area contributed by atoms with Crippen LogP contribution in [0.2, 0.25) is 0 Å². The molecule has 1 aromatic heterocycles. The Kier molecular flexibility index (Phi) is 3.08. The maximum atomic E-state index is 10.7. The average molecular weight is 265 g/mol. The lowest BCUT2D eigenvalue weighted by Crippen LogP contribution is -2.45. The van der Waals surface area contributed by atoms with Gasteiger partial charge < -0.3 is 19.5 Å². The molecule has 0 amide bonds. The average Bonchev–Trinajstić information content (AvgIpc) is 2.88. The van der Waals surface area contributed by atoms with Crippen LogP contribution in [0, 0.1) is 0 Å². The summed E-state index contributed by atoms with van der Waals surface area (Å²) in [6, 6.07) is 3.16. The summed E-state index contributed by atoms with van der Waals surface area (Å²) >= 11 is 0. The van der Waals surface area contributed by atoms with E-state index in [0.29, 0.717) is 19.0 Å². The molecule has 1 spiro atoms. The molecule has 7 heteroatoms. The Bertz CT molecular complexity index is 460. The van der Waals surface area contributed by atoms with Gasteiger partial charge in [0, 0.05) is 25.9 Å². The largest absolute Gasteiger partial charge is 0.476 e. The molecule has 2 saturated heterocycles. The van der Waals surface area contributed by atoms with Gasteiger partial charge in [-0.05, 0) is 12.1 Å². The minimum Gasteiger partial charge on any atom is -0.476 e. The minimum absolute atomic E-state index is 0.0420. The molecule has 102 valence electrons. The first-order chi connectivity index (χ1) is 9.19. The Morgan fingerprint density at radius 2 is 1.89 bits per heavy atom. The van der Waals surface area contributed by atoms with Gasteiger partial charge in [0.1, 0.15) is 0 Å². The molecule has 2 aliphatic heterocycles. The molecular formula is C12H15N3O4. The van der Waals surface area contributed by atoms with Gasteiger partial charge in [0.25, 0.3) is 0 Å². The van der Waals surface area contributed by atoms with Crippen LogP contribution < -0.4 is 4.90 Å². The van der Waals surface area contributed by atoms with Crippen molar-refractivity contribution >= 4 is 11.8 Å². The molecule has 0 aromatic carbocycles. The van der Waals surface area contributed by atoms with E-state index in [4.69, 9.17) is 14.6 Å². The Morgan fingerprint density at radius 1 is 1.21 bits per heavy atom. The number of rotatable bonds is 2. The molecule has 2 aliphatic rings. The number of hydrogen-bond acceptors (Lipinski definition) is 6. The molecule has 0 aliphatic carbocycles. The molecule has 0 radical (unpaired) electrons. The molecule has 0 unspecified atom stereocenters. The van der Waals surface area contributed by atoms with Crippen LogP contribution in [0.1, 0.15) is 23.3 Å². The molecule has 1 N–H and O–H groups in total. The van der Waals surface area contributed by atoms with Gasteiger partial charge in [-0.1, -0.05) is 0 Å². The lowest BCUT2D eigenvalue weighted by atomic mass is 10.0. The predicted molar refractivity (Wildman–Crippen MR) is 65.1 cm³/mol. The topological polar surface area (TPSA) is 84.8 Å². The van der Waals surface area contributed by atoms with Crippen molar-refractivity contribution in [1.82, 2.24) is 10.2 Å². The summed E-state index contributed by atoms with van der Waals surface area (Å²) < 4.78 is 11.3. The fourth-order valence-corrected chi connectivity index (χ4v) is 2.47. The molecule has 0 bridgehead atoms. The van der Waals surface area contributed by atoms with E-state index in [9.17, 15) is 4.79 Å². The molecule has 1 aromatic rings. The first-order valence-corrected chi connectivity index (χ1v) is 6.28. The maximum absolute atomic E-state index is 10.7. The number of aromatic nitrogens is 2. The summed E-state index contributed by atoms with van der Waals surface area (Å²) in [4.78, 5) is 12.8. The third-order valence-corrected chi connectivity index (χ3v) is 3.53. The van der Waals surface area contributed by atoms with Crippen LogP contribution in [0.25, 0.3) is 0 Å². The van der Waals surface area contributed by atoms with E-state index in [1.807, 2.05) is 0 Å². The van der Waals surface area contributed by atoms with Gasteiger partial charge in [0.05, 0.1) is 13.2 Å². The van der Waals surface area contributed by atoms with Crippen LogP contribution in [0.5, 0.6) is 0 Å². The highest BCUT2D eigenvalue weighted by molar-refractivity contribution is 5.85. The number of hydrogen-bond donors (Lipinski definition) is 1. The lowest BCUT2D eigenvalue weighted by molar-refractivity contribution is -0.169. The van der Waals surface area contributed by atoms with Gasteiger partial charge in [0.15, 0.2) is 17.3 Å². The van der Waals surface area contributed by atoms with Gasteiger partial charge in [-0.2, -0.15) is 0 Å².